The summed E-state index contributed by atoms with van der Waals surface area (Å²) in [6, 6.07) is 0. The van der Waals surface area contributed by atoms with Crippen molar-refractivity contribution in [3.8, 4) is 0 Å². The van der Waals surface area contributed by atoms with Crippen LogP contribution in [0.3, 0.4) is 0 Å². The van der Waals surface area contributed by atoms with Crippen LogP contribution in [0.25, 0.3) is 0 Å². The molecule has 0 amide bonds. The highest BCUT2D eigenvalue weighted by Gasteiger charge is 2.18. The van der Waals surface area contributed by atoms with Crippen LogP contribution < -0.4 is 5.73 Å². The molecular formula is C8H19NO3S. The molecule has 80 valence electrons. The average molecular weight is 209 g/mol. The minimum absolute atomic E-state index is 0.196. The van der Waals surface area contributed by atoms with Gasteiger partial charge in [-0.1, -0.05) is 0 Å². The first-order valence-electron chi connectivity index (χ1n) is 4.45. The molecule has 0 saturated heterocycles. The van der Waals surface area contributed by atoms with E-state index in [0.29, 0.717) is 26.0 Å². The van der Waals surface area contributed by atoms with Crippen molar-refractivity contribution >= 4 is 9.84 Å². The Morgan fingerprint density at radius 1 is 1.46 bits per heavy atom. The minimum atomic E-state index is -2.95. The third-order valence-corrected chi connectivity index (χ3v) is 4.28. The van der Waals surface area contributed by atoms with Crippen LogP contribution in [-0.2, 0) is 14.6 Å². The van der Waals surface area contributed by atoms with Crippen molar-refractivity contribution in [2.45, 2.75) is 25.0 Å². The Bertz CT molecular complexity index is 213. The summed E-state index contributed by atoms with van der Waals surface area (Å²) in [6.45, 7) is 2.62. The van der Waals surface area contributed by atoms with Gasteiger partial charge in [0.2, 0.25) is 0 Å². The van der Waals surface area contributed by atoms with Crippen LogP contribution in [0.15, 0.2) is 0 Å². The van der Waals surface area contributed by atoms with Gasteiger partial charge in [0.25, 0.3) is 0 Å². The fourth-order valence-electron chi connectivity index (χ4n) is 1.02. The Kier molecular flexibility index (Phi) is 6.28. The fraction of sp³-hybridized carbons (Fsp3) is 1.00. The van der Waals surface area contributed by atoms with Gasteiger partial charge < -0.3 is 10.5 Å². The molecule has 1 atom stereocenters. The summed E-state index contributed by atoms with van der Waals surface area (Å²) in [5.74, 6) is 0.196. The molecule has 2 N–H and O–H groups in total. The van der Waals surface area contributed by atoms with Crippen LogP contribution in [0.5, 0.6) is 0 Å². The van der Waals surface area contributed by atoms with Gasteiger partial charge in [-0.2, -0.15) is 0 Å². The third-order valence-electron chi connectivity index (χ3n) is 1.96. The lowest BCUT2D eigenvalue weighted by Crippen LogP contribution is -2.24. The summed E-state index contributed by atoms with van der Waals surface area (Å²) in [4.78, 5) is 0. The average Bonchev–Trinajstić information content (AvgIpc) is 2.05. The Hall–Kier alpha value is -0.130. The predicted molar refractivity (Wildman–Crippen MR) is 53.4 cm³/mol. The van der Waals surface area contributed by atoms with Crippen molar-refractivity contribution in [1.29, 1.82) is 0 Å². The van der Waals surface area contributed by atoms with E-state index < -0.39 is 9.84 Å². The lowest BCUT2D eigenvalue weighted by Gasteiger charge is -2.10. The number of sulfone groups is 1. The third kappa shape index (κ3) is 5.23. The van der Waals surface area contributed by atoms with Crippen molar-refractivity contribution in [3.05, 3.63) is 0 Å². The molecule has 0 bridgehead atoms. The highest BCUT2D eigenvalue weighted by molar-refractivity contribution is 7.91. The van der Waals surface area contributed by atoms with Crippen molar-refractivity contribution < 1.29 is 13.2 Å². The molecule has 5 heteroatoms. The van der Waals surface area contributed by atoms with Crippen molar-refractivity contribution in [3.63, 3.8) is 0 Å². The highest BCUT2D eigenvalue weighted by Crippen LogP contribution is 2.06. The van der Waals surface area contributed by atoms with Gasteiger partial charge in [0.05, 0.1) is 11.0 Å². The van der Waals surface area contributed by atoms with Crippen LogP contribution >= 0.6 is 0 Å². The second-order valence-corrected chi connectivity index (χ2v) is 5.64. The number of hydrogen-bond acceptors (Lipinski definition) is 4. The molecule has 1 unspecified atom stereocenters. The van der Waals surface area contributed by atoms with E-state index in [1.165, 1.54) is 0 Å². The highest BCUT2D eigenvalue weighted by atomic mass is 32.2. The second-order valence-electron chi connectivity index (χ2n) is 3.10. The first-order chi connectivity index (χ1) is 6.04. The number of ether oxygens (including phenoxy) is 1. The van der Waals surface area contributed by atoms with E-state index >= 15 is 0 Å². The van der Waals surface area contributed by atoms with Crippen molar-refractivity contribution in [1.82, 2.24) is 0 Å². The topological polar surface area (TPSA) is 69.4 Å². The predicted octanol–water partition coefficient (Wildman–Crippen LogP) is 0.175. The quantitative estimate of drug-likeness (QED) is 0.607. The Labute approximate surface area is 80.4 Å². The second kappa shape index (κ2) is 6.34. The first kappa shape index (κ1) is 12.9. The van der Waals surface area contributed by atoms with Crippen LogP contribution in [0.2, 0.25) is 0 Å². The SMILES string of the molecule is COCCCS(=O)(=O)C(C)CCN. The van der Waals surface area contributed by atoms with E-state index in [1.54, 1.807) is 14.0 Å². The molecule has 13 heavy (non-hydrogen) atoms. The maximum Gasteiger partial charge on any atom is 0.153 e. The van der Waals surface area contributed by atoms with Crippen LogP contribution in [0.4, 0.5) is 0 Å². The van der Waals surface area contributed by atoms with E-state index in [0.717, 1.165) is 0 Å². The van der Waals surface area contributed by atoms with Gasteiger partial charge in [-0.25, -0.2) is 8.42 Å². The zero-order chi connectivity index (χ0) is 10.3. The smallest absolute Gasteiger partial charge is 0.153 e. The zero-order valence-corrected chi connectivity index (χ0v) is 9.14. The molecule has 0 radical (unpaired) electrons. The van der Waals surface area contributed by atoms with E-state index in [9.17, 15) is 8.42 Å². The van der Waals surface area contributed by atoms with Crippen LogP contribution in [-0.4, -0.2) is 39.7 Å². The van der Waals surface area contributed by atoms with Gasteiger partial charge >= 0.3 is 0 Å². The van der Waals surface area contributed by atoms with E-state index in [1.807, 2.05) is 0 Å². The van der Waals surface area contributed by atoms with Gasteiger partial charge in [-0.15, -0.1) is 0 Å². The number of nitrogens with two attached hydrogens (primary N) is 1. The maximum atomic E-state index is 11.5. The Morgan fingerprint density at radius 2 is 2.08 bits per heavy atom. The molecule has 0 fully saturated rings. The monoisotopic (exact) mass is 209 g/mol. The number of rotatable bonds is 7. The molecular weight excluding hydrogens is 190 g/mol. The molecule has 0 heterocycles. The lowest BCUT2D eigenvalue weighted by atomic mass is 10.3. The van der Waals surface area contributed by atoms with Crippen molar-refractivity contribution in [2.24, 2.45) is 5.73 Å². The van der Waals surface area contributed by atoms with E-state index in [2.05, 4.69) is 0 Å². The van der Waals surface area contributed by atoms with Gasteiger partial charge in [0, 0.05) is 13.7 Å². The largest absolute Gasteiger partial charge is 0.385 e. The summed E-state index contributed by atoms with van der Waals surface area (Å²) in [5, 5.41) is -0.325. The summed E-state index contributed by atoms with van der Waals surface area (Å²) in [5.41, 5.74) is 5.29. The maximum absolute atomic E-state index is 11.5. The van der Waals surface area contributed by atoms with Crippen LogP contribution in [0, 0.1) is 0 Å². The van der Waals surface area contributed by atoms with Gasteiger partial charge in [-0.3, -0.25) is 0 Å². The summed E-state index contributed by atoms with van der Waals surface area (Å²) in [7, 11) is -1.39. The molecule has 0 aliphatic carbocycles. The molecule has 4 nitrogen and oxygen atoms in total. The number of hydrogen-bond donors (Lipinski definition) is 1. The standard InChI is InChI=1S/C8H19NO3S/c1-8(4-5-9)13(10,11)7-3-6-12-2/h8H,3-7,9H2,1-2H3. The molecule has 0 aliphatic heterocycles. The van der Waals surface area contributed by atoms with Gasteiger partial charge in [-0.05, 0) is 26.3 Å². The van der Waals surface area contributed by atoms with E-state index in [-0.39, 0.29) is 11.0 Å². The molecule has 0 spiro atoms. The number of methoxy groups -OCH3 is 1. The molecule has 0 aliphatic rings. The summed E-state index contributed by atoms with van der Waals surface area (Å²) in [6.07, 6.45) is 1.10. The van der Waals surface area contributed by atoms with Gasteiger partial charge in [0.1, 0.15) is 0 Å². The normalized spacial score (nSPS) is 14.4. The minimum Gasteiger partial charge on any atom is -0.385 e. The summed E-state index contributed by atoms with van der Waals surface area (Å²) >= 11 is 0. The molecule has 0 aromatic rings. The van der Waals surface area contributed by atoms with Crippen molar-refractivity contribution in [2.75, 3.05) is 26.0 Å². The first-order valence-corrected chi connectivity index (χ1v) is 6.16. The molecule has 0 aromatic carbocycles. The lowest BCUT2D eigenvalue weighted by molar-refractivity contribution is 0.199. The Morgan fingerprint density at radius 3 is 2.54 bits per heavy atom. The molecule has 0 aromatic heterocycles. The fourth-order valence-corrected chi connectivity index (χ4v) is 2.44. The Balaban J connectivity index is 3.92. The van der Waals surface area contributed by atoms with E-state index in [4.69, 9.17) is 10.5 Å². The molecule has 0 saturated carbocycles. The summed E-state index contributed by atoms with van der Waals surface area (Å²) < 4.78 is 27.8. The van der Waals surface area contributed by atoms with Crippen LogP contribution in [0.1, 0.15) is 19.8 Å². The zero-order valence-electron chi connectivity index (χ0n) is 8.32. The molecule has 0 rings (SSSR count). The van der Waals surface area contributed by atoms with Gasteiger partial charge in [0.15, 0.2) is 9.84 Å².